The molecule has 1 aromatic heterocycles. The quantitative estimate of drug-likeness (QED) is 0.934. The Morgan fingerprint density at radius 3 is 3.00 bits per heavy atom. The predicted molar refractivity (Wildman–Crippen MR) is 78.7 cm³/mol. The van der Waals surface area contributed by atoms with Gasteiger partial charge < -0.3 is 10.1 Å². The van der Waals surface area contributed by atoms with Crippen molar-refractivity contribution < 1.29 is 9.53 Å². The molecule has 1 amide bonds. The number of hydrogen-bond donors (Lipinski definition) is 1. The van der Waals surface area contributed by atoms with Crippen LogP contribution in [0.25, 0.3) is 0 Å². The molecule has 0 spiro atoms. The second kappa shape index (κ2) is 5.55. The molecule has 0 aliphatic heterocycles. The average Bonchev–Trinajstić information content (AvgIpc) is 3.16. The number of carbonyl (C=O) groups is 1. The lowest BCUT2D eigenvalue weighted by Crippen LogP contribution is -2.15. The molecule has 1 N–H and O–H groups in total. The zero-order valence-electron chi connectivity index (χ0n) is 12.2. The van der Waals surface area contributed by atoms with Crippen molar-refractivity contribution >= 4 is 11.6 Å². The minimum Gasteiger partial charge on any atom is -0.495 e. The van der Waals surface area contributed by atoms with Crippen molar-refractivity contribution in [3.63, 3.8) is 0 Å². The third-order valence-corrected chi connectivity index (χ3v) is 3.80. The highest BCUT2D eigenvalue weighted by atomic mass is 16.5. The summed E-state index contributed by atoms with van der Waals surface area (Å²) in [6, 6.07) is 3.98. The van der Waals surface area contributed by atoms with Gasteiger partial charge in [-0.25, -0.2) is 0 Å². The zero-order valence-corrected chi connectivity index (χ0v) is 12.2. The molecule has 2 aromatic rings. The molecule has 1 aromatic carbocycles. The molecule has 0 fully saturated rings. The second-order valence-electron chi connectivity index (χ2n) is 5.05. The lowest BCUT2D eigenvalue weighted by Gasteiger charge is -2.14. The molecule has 6 nitrogen and oxygen atoms in total. The number of rotatable bonds is 4. The average molecular weight is 286 g/mol. The van der Waals surface area contributed by atoms with Crippen LogP contribution in [0.5, 0.6) is 5.75 Å². The predicted octanol–water partition coefficient (Wildman–Crippen LogP) is 2.05. The highest BCUT2D eigenvalue weighted by molar-refractivity contribution is 6.04. The summed E-state index contributed by atoms with van der Waals surface area (Å²) in [6.45, 7) is 2.63. The number of benzene rings is 1. The number of fused-ring (bicyclic) bond motifs is 1. The molecule has 110 valence electrons. The molecule has 0 radical (unpaired) electrons. The van der Waals surface area contributed by atoms with E-state index in [4.69, 9.17) is 4.74 Å². The fourth-order valence-electron chi connectivity index (χ4n) is 2.69. The first-order valence-corrected chi connectivity index (χ1v) is 7.13. The van der Waals surface area contributed by atoms with E-state index < -0.39 is 0 Å². The molecule has 6 heteroatoms. The molecular weight excluding hydrogens is 268 g/mol. The Balaban J connectivity index is 1.90. The number of methoxy groups -OCH3 is 1. The number of nitrogens with zero attached hydrogens (tertiary/aromatic N) is 3. The highest BCUT2D eigenvalue weighted by Gasteiger charge is 2.21. The minimum atomic E-state index is -0.256. The molecular formula is C15H18N4O2. The van der Waals surface area contributed by atoms with Gasteiger partial charge in [-0.3, -0.25) is 9.48 Å². The summed E-state index contributed by atoms with van der Waals surface area (Å²) in [5.41, 5.74) is 3.53. The largest absolute Gasteiger partial charge is 0.495 e. The highest BCUT2D eigenvalue weighted by Crippen LogP contribution is 2.36. The van der Waals surface area contributed by atoms with E-state index >= 15 is 0 Å². The van der Waals surface area contributed by atoms with Crippen LogP contribution in [0.15, 0.2) is 18.3 Å². The lowest BCUT2D eigenvalue weighted by molar-refractivity contribution is 0.102. The molecule has 1 heterocycles. The van der Waals surface area contributed by atoms with Crippen molar-refractivity contribution in [3.8, 4) is 5.75 Å². The van der Waals surface area contributed by atoms with Crippen molar-refractivity contribution in [2.24, 2.45) is 0 Å². The maximum atomic E-state index is 12.3. The maximum absolute atomic E-state index is 12.3. The molecule has 1 aliphatic carbocycles. The van der Waals surface area contributed by atoms with Gasteiger partial charge in [-0.1, -0.05) is 11.3 Å². The van der Waals surface area contributed by atoms with Gasteiger partial charge in [0.2, 0.25) is 0 Å². The van der Waals surface area contributed by atoms with Crippen LogP contribution < -0.4 is 10.1 Å². The van der Waals surface area contributed by atoms with Gasteiger partial charge in [-0.05, 0) is 43.4 Å². The Labute approximate surface area is 123 Å². The van der Waals surface area contributed by atoms with Gasteiger partial charge in [0.25, 0.3) is 5.91 Å². The van der Waals surface area contributed by atoms with Gasteiger partial charge in [0.15, 0.2) is 5.69 Å². The Bertz CT molecular complexity index is 678. The number of aromatic nitrogens is 3. The molecule has 21 heavy (non-hydrogen) atoms. The van der Waals surface area contributed by atoms with Crippen LogP contribution in [-0.2, 0) is 19.4 Å². The number of amides is 1. The smallest absolute Gasteiger partial charge is 0.277 e. The third-order valence-electron chi connectivity index (χ3n) is 3.80. The van der Waals surface area contributed by atoms with Crippen LogP contribution in [-0.4, -0.2) is 28.0 Å². The number of aryl methyl sites for hydroxylation is 2. The number of ether oxygens (including phenoxy) is 1. The zero-order chi connectivity index (χ0) is 14.8. The van der Waals surface area contributed by atoms with Crippen LogP contribution in [0.1, 0.15) is 35.0 Å². The van der Waals surface area contributed by atoms with Crippen molar-refractivity contribution in [1.29, 1.82) is 0 Å². The van der Waals surface area contributed by atoms with Crippen LogP contribution in [0, 0.1) is 0 Å². The summed E-state index contributed by atoms with van der Waals surface area (Å²) in [5, 5.41) is 10.7. The van der Waals surface area contributed by atoms with Gasteiger partial charge >= 0.3 is 0 Å². The van der Waals surface area contributed by atoms with E-state index in [0.717, 1.165) is 24.9 Å². The number of nitrogens with one attached hydrogen (secondary N) is 1. The summed E-state index contributed by atoms with van der Waals surface area (Å²) < 4.78 is 7.00. The van der Waals surface area contributed by atoms with Crippen molar-refractivity contribution in [3.05, 3.63) is 35.2 Å². The van der Waals surface area contributed by atoms with Gasteiger partial charge in [-0.15, -0.1) is 5.10 Å². The van der Waals surface area contributed by atoms with E-state index in [-0.39, 0.29) is 5.91 Å². The summed E-state index contributed by atoms with van der Waals surface area (Å²) in [5.74, 6) is 0.431. The second-order valence-corrected chi connectivity index (χ2v) is 5.05. The molecule has 0 unspecified atom stereocenters. The van der Waals surface area contributed by atoms with Crippen LogP contribution in [0.3, 0.4) is 0 Å². The monoisotopic (exact) mass is 286 g/mol. The third kappa shape index (κ3) is 2.49. The maximum Gasteiger partial charge on any atom is 0.277 e. The first kappa shape index (κ1) is 13.6. The first-order valence-electron chi connectivity index (χ1n) is 7.13. The molecule has 3 rings (SSSR count). The standard InChI is InChI=1S/C15H18N4O2/c1-3-19-9-12(17-18-19)15(20)16-14-11-6-4-5-10(11)7-8-13(14)21-2/h7-9H,3-6H2,1-2H3,(H,16,20). The Morgan fingerprint density at radius 2 is 2.29 bits per heavy atom. The van der Waals surface area contributed by atoms with Crippen molar-refractivity contribution in [1.82, 2.24) is 15.0 Å². The van der Waals surface area contributed by atoms with Gasteiger partial charge in [0, 0.05) is 6.54 Å². The number of hydrogen-bond acceptors (Lipinski definition) is 4. The van der Waals surface area contributed by atoms with Gasteiger partial charge in [-0.2, -0.15) is 0 Å². The van der Waals surface area contributed by atoms with E-state index in [0.29, 0.717) is 18.0 Å². The lowest BCUT2D eigenvalue weighted by atomic mass is 10.1. The summed E-state index contributed by atoms with van der Waals surface area (Å²) in [4.78, 5) is 12.3. The Kier molecular flexibility index (Phi) is 3.60. The molecule has 0 saturated heterocycles. The SMILES string of the molecule is CCn1cc(C(=O)Nc2c(OC)ccc3c2CCC3)nn1. The summed E-state index contributed by atoms with van der Waals surface area (Å²) in [6.07, 6.45) is 4.76. The van der Waals surface area contributed by atoms with E-state index in [1.165, 1.54) is 11.1 Å². The normalized spacial score (nSPS) is 13.0. The fourth-order valence-corrected chi connectivity index (χ4v) is 2.69. The number of anilines is 1. The Morgan fingerprint density at radius 1 is 1.43 bits per heavy atom. The van der Waals surface area contributed by atoms with Crippen LogP contribution >= 0.6 is 0 Å². The minimum absolute atomic E-state index is 0.256. The van der Waals surface area contributed by atoms with Crippen molar-refractivity contribution in [2.75, 3.05) is 12.4 Å². The Hall–Kier alpha value is -2.37. The van der Waals surface area contributed by atoms with Crippen molar-refractivity contribution in [2.45, 2.75) is 32.7 Å². The topological polar surface area (TPSA) is 69.0 Å². The molecule has 0 saturated carbocycles. The van der Waals surface area contributed by atoms with Crippen LogP contribution in [0.4, 0.5) is 5.69 Å². The van der Waals surface area contributed by atoms with E-state index in [9.17, 15) is 4.79 Å². The van der Waals surface area contributed by atoms with E-state index in [1.807, 2.05) is 13.0 Å². The molecule has 0 bridgehead atoms. The van der Waals surface area contributed by atoms with Gasteiger partial charge in [0.05, 0.1) is 19.0 Å². The first-order chi connectivity index (χ1) is 10.2. The molecule has 0 atom stereocenters. The van der Waals surface area contributed by atoms with E-state index in [1.54, 1.807) is 18.0 Å². The molecule has 1 aliphatic rings. The van der Waals surface area contributed by atoms with Gasteiger partial charge in [0.1, 0.15) is 5.75 Å². The van der Waals surface area contributed by atoms with E-state index in [2.05, 4.69) is 21.7 Å². The number of carbonyl (C=O) groups excluding carboxylic acids is 1. The fraction of sp³-hybridized carbons (Fsp3) is 0.400. The summed E-state index contributed by atoms with van der Waals surface area (Å²) >= 11 is 0. The summed E-state index contributed by atoms with van der Waals surface area (Å²) in [7, 11) is 1.61. The van der Waals surface area contributed by atoms with Crippen LogP contribution in [0.2, 0.25) is 0 Å².